The van der Waals surface area contributed by atoms with Crippen molar-refractivity contribution >= 4 is 17.8 Å². The first-order valence-electron chi connectivity index (χ1n) is 14.8. The van der Waals surface area contributed by atoms with Gasteiger partial charge in [-0.2, -0.15) is 0 Å². The number of carboxylic acids is 2. The highest BCUT2D eigenvalue weighted by Crippen LogP contribution is 2.26. The molecule has 0 aromatic heterocycles. The molecule has 0 atom stereocenters. The van der Waals surface area contributed by atoms with Crippen molar-refractivity contribution in [1.29, 1.82) is 0 Å². The van der Waals surface area contributed by atoms with Gasteiger partial charge < -0.3 is 29.3 Å². The number of hydrogen-bond donors (Lipinski definition) is 2. The lowest BCUT2D eigenvalue weighted by atomic mass is 9.96. The summed E-state index contributed by atoms with van der Waals surface area (Å²) in [6.45, 7) is 2.44. The zero-order chi connectivity index (χ0) is 29.0. The average Bonchev–Trinajstić information content (AvgIpc) is 3.51. The number of unbranched alkanes of at least 4 members (excludes halogenated alkanes) is 1. The van der Waals surface area contributed by atoms with Gasteiger partial charge in [0.05, 0.1) is 36.4 Å². The summed E-state index contributed by atoms with van der Waals surface area (Å²) in [7, 11) is 0. The number of nitrogens with zero attached hydrogens (tertiary/aromatic N) is 1. The lowest BCUT2D eigenvalue weighted by molar-refractivity contribution is -0.143. The van der Waals surface area contributed by atoms with Gasteiger partial charge in [-0.3, -0.25) is 9.59 Å². The number of aryl methyl sites for hydroxylation is 1. The predicted molar refractivity (Wildman–Crippen MR) is 153 cm³/mol. The fourth-order valence-corrected chi connectivity index (χ4v) is 5.37. The van der Waals surface area contributed by atoms with Gasteiger partial charge in [0.25, 0.3) is 5.91 Å². The van der Waals surface area contributed by atoms with Crippen LogP contribution < -0.4 is 9.47 Å². The van der Waals surface area contributed by atoms with Crippen molar-refractivity contribution < 1.29 is 38.8 Å². The molecule has 0 bridgehead atoms. The number of carboxylic acid groups (broad SMARTS) is 2. The standard InChI is InChI=1S/C32H41NO8/c34-30(33-17-15-24(16-18-33)31(35)36)28-22-25(32(37)38)11-14-29(28)41-21-5-6-23-9-12-27(13-10-23)40-20-4-3-19-39-26-7-1-2-8-26/h9-14,22,24,26H,1-8,15-21H2,(H,35,36)(H,37,38). The fourth-order valence-electron chi connectivity index (χ4n) is 5.37. The minimum Gasteiger partial charge on any atom is -0.494 e. The number of piperidine rings is 1. The molecule has 2 N–H and O–H groups in total. The number of amides is 1. The number of carbonyl (C=O) groups is 3. The van der Waals surface area contributed by atoms with Crippen LogP contribution in [-0.4, -0.2) is 72.0 Å². The van der Waals surface area contributed by atoms with Crippen LogP contribution in [0.15, 0.2) is 42.5 Å². The molecule has 1 saturated carbocycles. The maximum absolute atomic E-state index is 13.2. The quantitative estimate of drug-likeness (QED) is 0.272. The summed E-state index contributed by atoms with van der Waals surface area (Å²) in [6.07, 6.45) is 9.64. The number of ether oxygens (including phenoxy) is 3. The maximum Gasteiger partial charge on any atom is 0.335 e. The Labute approximate surface area is 241 Å². The van der Waals surface area contributed by atoms with E-state index in [1.807, 2.05) is 24.3 Å². The number of aromatic carboxylic acids is 1. The molecule has 4 rings (SSSR count). The van der Waals surface area contributed by atoms with Gasteiger partial charge in [0.2, 0.25) is 0 Å². The molecular formula is C32H41NO8. The van der Waals surface area contributed by atoms with E-state index in [0.717, 1.165) is 37.2 Å². The molecule has 1 saturated heterocycles. The molecule has 222 valence electrons. The average molecular weight is 568 g/mol. The van der Waals surface area contributed by atoms with Crippen molar-refractivity contribution in [2.24, 2.45) is 5.92 Å². The number of aliphatic carboxylic acids is 1. The SMILES string of the molecule is O=C(O)c1ccc(OCCCc2ccc(OCCCCOC3CCCC3)cc2)c(C(=O)N2CCC(C(=O)O)CC2)c1. The topological polar surface area (TPSA) is 123 Å². The van der Waals surface area contributed by atoms with Crippen LogP contribution >= 0.6 is 0 Å². The van der Waals surface area contributed by atoms with Crippen LogP contribution in [0.25, 0.3) is 0 Å². The summed E-state index contributed by atoms with van der Waals surface area (Å²) in [4.78, 5) is 37.6. The van der Waals surface area contributed by atoms with Crippen LogP contribution in [0.4, 0.5) is 0 Å². The minimum absolute atomic E-state index is 0.000776. The van der Waals surface area contributed by atoms with Gasteiger partial charge in [0.15, 0.2) is 0 Å². The molecule has 2 aromatic carbocycles. The Bertz CT molecular complexity index is 1150. The summed E-state index contributed by atoms with van der Waals surface area (Å²) < 4.78 is 17.7. The first kappa shape index (κ1) is 30.4. The Kier molecular flexibility index (Phi) is 11.4. The molecule has 0 radical (unpaired) electrons. The summed E-state index contributed by atoms with van der Waals surface area (Å²) in [5.74, 6) is -1.62. The van der Waals surface area contributed by atoms with Crippen LogP contribution in [0, 0.1) is 5.92 Å². The number of hydrogen-bond acceptors (Lipinski definition) is 6. The second-order valence-corrected chi connectivity index (χ2v) is 10.8. The van der Waals surface area contributed by atoms with E-state index in [0.29, 0.717) is 57.4 Å². The highest BCUT2D eigenvalue weighted by molar-refractivity contribution is 6.00. The van der Waals surface area contributed by atoms with Crippen molar-refractivity contribution in [1.82, 2.24) is 4.90 Å². The molecule has 1 aliphatic carbocycles. The van der Waals surface area contributed by atoms with Crippen molar-refractivity contribution in [2.75, 3.05) is 32.9 Å². The predicted octanol–water partition coefficient (Wildman–Crippen LogP) is 5.45. The Morgan fingerprint density at radius 2 is 1.49 bits per heavy atom. The van der Waals surface area contributed by atoms with E-state index >= 15 is 0 Å². The summed E-state index contributed by atoms with van der Waals surface area (Å²) in [6, 6.07) is 12.3. The fraction of sp³-hybridized carbons (Fsp3) is 0.531. The second kappa shape index (κ2) is 15.4. The number of carbonyl (C=O) groups excluding carboxylic acids is 1. The third-order valence-corrected chi connectivity index (χ3v) is 7.84. The van der Waals surface area contributed by atoms with E-state index in [2.05, 4.69) is 0 Å². The molecule has 9 nitrogen and oxygen atoms in total. The first-order valence-corrected chi connectivity index (χ1v) is 14.8. The van der Waals surface area contributed by atoms with Gasteiger partial charge in [-0.1, -0.05) is 25.0 Å². The Morgan fingerprint density at radius 3 is 2.17 bits per heavy atom. The lowest BCUT2D eigenvalue weighted by Crippen LogP contribution is -2.40. The summed E-state index contributed by atoms with van der Waals surface area (Å²) in [5.41, 5.74) is 1.33. The van der Waals surface area contributed by atoms with Gasteiger partial charge in [-0.05, 0) is 87.3 Å². The zero-order valence-corrected chi connectivity index (χ0v) is 23.6. The van der Waals surface area contributed by atoms with E-state index in [-0.39, 0.29) is 17.0 Å². The highest BCUT2D eigenvalue weighted by Gasteiger charge is 2.29. The number of benzene rings is 2. The molecule has 1 aliphatic heterocycles. The molecule has 2 aliphatic rings. The van der Waals surface area contributed by atoms with Crippen LogP contribution in [0.1, 0.15) is 84.1 Å². The van der Waals surface area contributed by atoms with Gasteiger partial charge in [0.1, 0.15) is 11.5 Å². The van der Waals surface area contributed by atoms with Gasteiger partial charge in [-0.15, -0.1) is 0 Å². The smallest absolute Gasteiger partial charge is 0.335 e. The molecule has 2 aromatic rings. The van der Waals surface area contributed by atoms with Crippen LogP contribution in [0.3, 0.4) is 0 Å². The minimum atomic E-state index is -1.13. The molecule has 1 amide bonds. The molecule has 1 heterocycles. The molecule has 0 unspecified atom stereocenters. The Balaban J connectivity index is 1.20. The molecule has 0 spiro atoms. The Hall–Kier alpha value is -3.59. The summed E-state index contributed by atoms with van der Waals surface area (Å²) >= 11 is 0. The van der Waals surface area contributed by atoms with E-state index in [4.69, 9.17) is 14.2 Å². The van der Waals surface area contributed by atoms with Gasteiger partial charge in [0, 0.05) is 19.7 Å². The molecule has 2 fully saturated rings. The van der Waals surface area contributed by atoms with E-state index in [1.54, 1.807) is 4.90 Å². The monoisotopic (exact) mass is 567 g/mol. The van der Waals surface area contributed by atoms with Gasteiger partial charge >= 0.3 is 11.9 Å². The first-order chi connectivity index (χ1) is 19.9. The normalized spacial score (nSPS) is 16.0. The van der Waals surface area contributed by atoms with E-state index in [9.17, 15) is 24.6 Å². The van der Waals surface area contributed by atoms with Crippen LogP contribution in [-0.2, 0) is 16.0 Å². The largest absolute Gasteiger partial charge is 0.494 e. The molecular weight excluding hydrogens is 526 g/mol. The third-order valence-electron chi connectivity index (χ3n) is 7.84. The van der Waals surface area contributed by atoms with Crippen molar-refractivity contribution in [3.8, 4) is 11.5 Å². The zero-order valence-electron chi connectivity index (χ0n) is 23.6. The number of likely N-dealkylation sites (tertiary alicyclic amines) is 1. The summed E-state index contributed by atoms with van der Waals surface area (Å²) in [5, 5.41) is 18.7. The van der Waals surface area contributed by atoms with Crippen molar-refractivity contribution in [3.05, 3.63) is 59.2 Å². The molecule has 41 heavy (non-hydrogen) atoms. The van der Waals surface area contributed by atoms with Crippen molar-refractivity contribution in [2.45, 2.75) is 70.3 Å². The van der Waals surface area contributed by atoms with E-state index in [1.165, 1.54) is 43.9 Å². The highest BCUT2D eigenvalue weighted by atomic mass is 16.5. The molecule has 9 heteroatoms. The van der Waals surface area contributed by atoms with Crippen LogP contribution in [0.5, 0.6) is 11.5 Å². The lowest BCUT2D eigenvalue weighted by Gasteiger charge is -2.30. The third kappa shape index (κ3) is 9.21. The number of rotatable bonds is 15. The van der Waals surface area contributed by atoms with E-state index < -0.39 is 17.9 Å². The maximum atomic E-state index is 13.2. The van der Waals surface area contributed by atoms with Crippen LogP contribution in [0.2, 0.25) is 0 Å². The van der Waals surface area contributed by atoms with Crippen molar-refractivity contribution in [3.63, 3.8) is 0 Å². The van der Waals surface area contributed by atoms with Gasteiger partial charge in [-0.25, -0.2) is 4.79 Å². The second-order valence-electron chi connectivity index (χ2n) is 10.8. The Morgan fingerprint density at radius 1 is 0.805 bits per heavy atom.